The number of hydrogen-bond donors (Lipinski definition) is 0. The monoisotopic (exact) mass is 421 g/mol. The van der Waals surface area contributed by atoms with E-state index in [0.717, 1.165) is 49.8 Å². The molecule has 0 aliphatic carbocycles. The third-order valence-corrected chi connectivity index (χ3v) is 5.43. The maximum atomic E-state index is 13.4. The molecule has 1 saturated heterocycles. The van der Waals surface area contributed by atoms with Crippen molar-refractivity contribution in [3.8, 4) is 0 Å². The fraction of sp³-hybridized carbons (Fsp3) is 0.474. The Morgan fingerprint density at radius 2 is 2.08 bits per heavy atom. The van der Waals surface area contributed by atoms with Crippen molar-refractivity contribution in [3.63, 3.8) is 0 Å². The molecule has 0 bridgehead atoms. The van der Waals surface area contributed by atoms with Crippen LogP contribution in [0, 0.1) is 5.82 Å². The number of nitrogens with zero attached hydrogens (tertiary/aromatic N) is 5. The lowest BCUT2D eigenvalue weighted by Crippen LogP contribution is -2.46. The number of benzene rings is 1. The average Bonchev–Trinajstić information content (AvgIpc) is 2.64. The van der Waals surface area contributed by atoms with Gasteiger partial charge in [-0.2, -0.15) is 4.98 Å². The van der Waals surface area contributed by atoms with Gasteiger partial charge in [-0.25, -0.2) is 9.37 Å². The van der Waals surface area contributed by atoms with E-state index in [1.807, 2.05) is 43.4 Å². The first kappa shape index (κ1) is 19.0. The quantitative estimate of drug-likeness (QED) is 0.737. The van der Waals surface area contributed by atoms with Crippen LogP contribution in [-0.4, -0.2) is 55.1 Å². The Kier molecular flexibility index (Phi) is 6.09. The van der Waals surface area contributed by atoms with Gasteiger partial charge in [-0.3, -0.25) is 4.90 Å². The number of likely N-dealkylation sites (N-methyl/N-ethyl adjacent to an activating group) is 1. The molecule has 1 unspecified atom stereocenters. The van der Waals surface area contributed by atoms with E-state index >= 15 is 0 Å². The molecule has 7 heteroatoms. The zero-order valence-corrected chi connectivity index (χ0v) is 17.1. The number of hydrogen-bond acceptors (Lipinski definition) is 5. The summed E-state index contributed by atoms with van der Waals surface area (Å²) in [7, 11) is 6.03. The molecule has 2 heterocycles. The van der Waals surface area contributed by atoms with E-state index < -0.39 is 0 Å². The van der Waals surface area contributed by atoms with Crippen LogP contribution in [0.1, 0.15) is 18.4 Å². The Bertz CT molecular complexity index is 754. The molecule has 1 aromatic heterocycles. The Hall–Kier alpha value is -1.73. The molecule has 1 aliphatic rings. The highest BCUT2D eigenvalue weighted by Crippen LogP contribution is 2.23. The van der Waals surface area contributed by atoms with E-state index in [2.05, 4.69) is 42.7 Å². The maximum absolute atomic E-state index is 13.4. The molecule has 1 aliphatic heterocycles. The van der Waals surface area contributed by atoms with Crippen molar-refractivity contribution in [2.45, 2.75) is 25.4 Å². The van der Waals surface area contributed by atoms with Crippen LogP contribution in [-0.2, 0) is 6.54 Å². The molecule has 0 saturated carbocycles. The third kappa shape index (κ3) is 4.51. The summed E-state index contributed by atoms with van der Waals surface area (Å²) in [5, 5.41) is 0. The summed E-state index contributed by atoms with van der Waals surface area (Å²) in [4.78, 5) is 15.7. The topological polar surface area (TPSA) is 35.5 Å². The van der Waals surface area contributed by atoms with Gasteiger partial charge in [-0.15, -0.1) is 0 Å². The molecule has 0 amide bonds. The number of piperidine rings is 1. The Morgan fingerprint density at radius 3 is 2.81 bits per heavy atom. The number of anilines is 2. The maximum Gasteiger partial charge on any atom is 0.227 e. The fourth-order valence-corrected chi connectivity index (χ4v) is 3.73. The van der Waals surface area contributed by atoms with Crippen LogP contribution in [0.25, 0.3) is 0 Å². The summed E-state index contributed by atoms with van der Waals surface area (Å²) >= 11 is 3.27. The smallest absolute Gasteiger partial charge is 0.227 e. The standard InChI is InChI=1S/C19H25BrFN5/c1-24(2)18-8-9-22-19(23-18)25(3)15-5-4-10-26(13-15)12-14-6-7-17(21)16(20)11-14/h6-9,11,15H,4-5,10,12-13H2,1-3H3. The lowest BCUT2D eigenvalue weighted by atomic mass is 10.0. The highest BCUT2D eigenvalue weighted by atomic mass is 79.9. The van der Waals surface area contributed by atoms with Gasteiger partial charge in [0.25, 0.3) is 0 Å². The molecular weight excluding hydrogens is 397 g/mol. The van der Waals surface area contributed by atoms with E-state index in [9.17, 15) is 4.39 Å². The zero-order chi connectivity index (χ0) is 18.7. The Labute approximate surface area is 163 Å². The van der Waals surface area contributed by atoms with Gasteiger partial charge in [0.2, 0.25) is 5.95 Å². The van der Waals surface area contributed by atoms with Crippen LogP contribution in [0.4, 0.5) is 16.2 Å². The molecule has 2 aromatic rings. The fourth-order valence-electron chi connectivity index (χ4n) is 3.31. The first-order chi connectivity index (χ1) is 12.4. The zero-order valence-electron chi connectivity index (χ0n) is 15.5. The molecule has 1 aromatic carbocycles. The number of halogens is 2. The summed E-state index contributed by atoms with van der Waals surface area (Å²) in [5.74, 6) is 1.45. The van der Waals surface area contributed by atoms with Gasteiger partial charge in [0.05, 0.1) is 4.47 Å². The molecule has 0 spiro atoms. The first-order valence-electron chi connectivity index (χ1n) is 8.83. The van der Waals surface area contributed by atoms with Crippen molar-refractivity contribution >= 4 is 27.7 Å². The van der Waals surface area contributed by atoms with E-state index in [1.165, 1.54) is 6.07 Å². The molecule has 140 valence electrons. The average molecular weight is 422 g/mol. The van der Waals surface area contributed by atoms with Crippen molar-refractivity contribution in [1.29, 1.82) is 0 Å². The second kappa shape index (κ2) is 8.31. The number of aromatic nitrogens is 2. The van der Waals surface area contributed by atoms with Crippen LogP contribution in [0.15, 0.2) is 34.9 Å². The number of rotatable bonds is 5. The summed E-state index contributed by atoms with van der Waals surface area (Å²) < 4.78 is 14.0. The van der Waals surface area contributed by atoms with Gasteiger partial charge < -0.3 is 9.80 Å². The largest absolute Gasteiger partial charge is 0.363 e. The highest BCUT2D eigenvalue weighted by molar-refractivity contribution is 9.10. The minimum absolute atomic E-state index is 0.220. The van der Waals surface area contributed by atoms with Gasteiger partial charge in [0.1, 0.15) is 11.6 Å². The molecule has 1 atom stereocenters. The normalized spacial score (nSPS) is 18.0. The lowest BCUT2D eigenvalue weighted by Gasteiger charge is -2.37. The summed E-state index contributed by atoms with van der Waals surface area (Å²) in [6, 6.07) is 7.53. The van der Waals surface area contributed by atoms with Crippen molar-refractivity contribution in [1.82, 2.24) is 14.9 Å². The SMILES string of the molecule is CN(C)c1ccnc(N(C)C2CCCN(Cc3ccc(F)c(Br)c3)C2)n1. The van der Waals surface area contributed by atoms with E-state index in [-0.39, 0.29) is 5.82 Å². The van der Waals surface area contributed by atoms with Gasteiger partial charge in [0.15, 0.2) is 0 Å². The van der Waals surface area contributed by atoms with E-state index in [4.69, 9.17) is 0 Å². The molecular formula is C19H25BrFN5. The summed E-state index contributed by atoms with van der Waals surface area (Å²) in [5.41, 5.74) is 1.12. The second-order valence-corrected chi connectivity index (χ2v) is 7.85. The molecule has 3 rings (SSSR count). The van der Waals surface area contributed by atoms with Crippen LogP contribution in [0.3, 0.4) is 0 Å². The predicted molar refractivity (Wildman–Crippen MR) is 107 cm³/mol. The van der Waals surface area contributed by atoms with Crippen LogP contribution in [0.5, 0.6) is 0 Å². The van der Waals surface area contributed by atoms with Crippen molar-refractivity contribution < 1.29 is 4.39 Å². The predicted octanol–water partition coefficient (Wildman–Crippen LogP) is 3.55. The number of likely N-dealkylation sites (tertiary alicyclic amines) is 1. The van der Waals surface area contributed by atoms with Gasteiger partial charge >= 0.3 is 0 Å². The second-order valence-electron chi connectivity index (χ2n) is 7.00. The van der Waals surface area contributed by atoms with Crippen LogP contribution >= 0.6 is 15.9 Å². The molecule has 0 radical (unpaired) electrons. The van der Waals surface area contributed by atoms with E-state index in [1.54, 1.807) is 0 Å². The van der Waals surface area contributed by atoms with Crippen LogP contribution in [0.2, 0.25) is 0 Å². The van der Waals surface area contributed by atoms with Gasteiger partial charge in [0, 0.05) is 46.5 Å². The summed E-state index contributed by atoms with van der Waals surface area (Å²) in [6.45, 7) is 2.82. The highest BCUT2D eigenvalue weighted by Gasteiger charge is 2.25. The molecule has 0 N–H and O–H groups in total. The van der Waals surface area contributed by atoms with Crippen molar-refractivity contribution in [3.05, 3.63) is 46.3 Å². The Balaban J connectivity index is 1.67. The van der Waals surface area contributed by atoms with Crippen molar-refractivity contribution in [2.75, 3.05) is 44.0 Å². The van der Waals surface area contributed by atoms with Gasteiger partial charge in [-0.1, -0.05) is 6.07 Å². The molecule has 1 fully saturated rings. The minimum Gasteiger partial charge on any atom is -0.363 e. The molecule has 5 nitrogen and oxygen atoms in total. The van der Waals surface area contributed by atoms with Crippen LogP contribution < -0.4 is 9.80 Å². The third-order valence-electron chi connectivity index (χ3n) is 4.82. The van der Waals surface area contributed by atoms with Gasteiger partial charge in [-0.05, 0) is 59.1 Å². The van der Waals surface area contributed by atoms with E-state index in [0.29, 0.717) is 10.5 Å². The summed E-state index contributed by atoms with van der Waals surface area (Å²) in [6.07, 6.45) is 4.06. The lowest BCUT2D eigenvalue weighted by molar-refractivity contribution is 0.198. The van der Waals surface area contributed by atoms with Crippen molar-refractivity contribution in [2.24, 2.45) is 0 Å². The first-order valence-corrected chi connectivity index (χ1v) is 9.63. The molecule has 26 heavy (non-hydrogen) atoms. The minimum atomic E-state index is -0.220. The Morgan fingerprint density at radius 1 is 1.27 bits per heavy atom.